The summed E-state index contributed by atoms with van der Waals surface area (Å²) in [5, 5.41) is 0. The molecule has 0 radical (unpaired) electrons. The van der Waals surface area contributed by atoms with Crippen LogP contribution in [0.2, 0.25) is 0 Å². The second-order valence-corrected chi connectivity index (χ2v) is 6.67. The van der Waals surface area contributed by atoms with E-state index in [0.29, 0.717) is 12.6 Å². The summed E-state index contributed by atoms with van der Waals surface area (Å²) in [5.41, 5.74) is 1.15. The summed E-state index contributed by atoms with van der Waals surface area (Å²) < 4.78 is 18.1. The van der Waals surface area contributed by atoms with Gasteiger partial charge in [0.05, 0.1) is 32.0 Å². The van der Waals surface area contributed by atoms with Gasteiger partial charge in [-0.2, -0.15) is 0 Å². The summed E-state index contributed by atoms with van der Waals surface area (Å²) in [4.78, 5) is 6.52. The van der Waals surface area contributed by atoms with Gasteiger partial charge < -0.3 is 13.9 Å². The van der Waals surface area contributed by atoms with Crippen molar-refractivity contribution in [3.63, 3.8) is 0 Å². The standard InChI is InChI=1S/C19H24N2O3/c1-14-2-3-16(24-14)12-21-10-11-22-18-5-4-17(21)19(18)23-13-15-6-8-20-9-7-15/h2-3,6-9,17-19H,4-5,10-13H2,1H3. The lowest BCUT2D eigenvalue weighted by Crippen LogP contribution is -2.42. The molecule has 1 saturated heterocycles. The van der Waals surface area contributed by atoms with Crippen LogP contribution in [-0.4, -0.2) is 41.3 Å². The van der Waals surface area contributed by atoms with Crippen LogP contribution in [0.3, 0.4) is 0 Å². The number of hydrogen-bond acceptors (Lipinski definition) is 5. The highest BCUT2D eigenvalue weighted by molar-refractivity contribution is 5.09. The van der Waals surface area contributed by atoms with Crippen LogP contribution in [-0.2, 0) is 22.6 Å². The number of aromatic nitrogens is 1. The van der Waals surface area contributed by atoms with Gasteiger partial charge in [-0.3, -0.25) is 9.88 Å². The molecular formula is C19H24N2O3. The predicted molar refractivity (Wildman–Crippen MR) is 89.4 cm³/mol. The van der Waals surface area contributed by atoms with Gasteiger partial charge in [0.25, 0.3) is 0 Å². The number of ether oxygens (including phenoxy) is 2. The molecule has 1 aliphatic carbocycles. The average molecular weight is 328 g/mol. The number of hydrogen-bond donors (Lipinski definition) is 0. The van der Waals surface area contributed by atoms with Gasteiger partial charge in [0.1, 0.15) is 11.5 Å². The third-order valence-electron chi connectivity index (χ3n) is 5.02. The van der Waals surface area contributed by atoms with Crippen molar-refractivity contribution in [2.45, 2.75) is 51.2 Å². The van der Waals surface area contributed by atoms with Crippen LogP contribution in [0.1, 0.15) is 29.9 Å². The number of nitrogens with zero attached hydrogens (tertiary/aromatic N) is 2. The second-order valence-electron chi connectivity index (χ2n) is 6.67. The SMILES string of the molecule is Cc1ccc(CN2CCOC3CCC2C3OCc2ccncc2)o1. The third kappa shape index (κ3) is 3.38. The van der Waals surface area contributed by atoms with Crippen molar-refractivity contribution in [2.24, 2.45) is 0 Å². The topological polar surface area (TPSA) is 47.7 Å². The fourth-order valence-corrected chi connectivity index (χ4v) is 3.82. The Kier molecular flexibility index (Phi) is 4.65. The highest BCUT2D eigenvalue weighted by Gasteiger charge is 2.43. The zero-order chi connectivity index (χ0) is 16.4. The molecule has 2 bridgehead atoms. The van der Waals surface area contributed by atoms with Gasteiger partial charge >= 0.3 is 0 Å². The number of fused-ring (bicyclic) bond motifs is 2. The molecule has 0 aromatic carbocycles. The van der Waals surface area contributed by atoms with Crippen molar-refractivity contribution in [1.29, 1.82) is 0 Å². The minimum atomic E-state index is 0.122. The van der Waals surface area contributed by atoms with Gasteiger partial charge in [-0.1, -0.05) is 0 Å². The van der Waals surface area contributed by atoms with E-state index in [1.54, 1.807) is 0 Å². The Morgan fingerprint density at radius 2 is 2.08 bits per heavy atom. The Morgan fingerprint density at radius 3 is 2.88 bits per heavy atom. The normalized spacial score (nSPS) is 27.3. The van der Waals surface area contributed by atoms with E-state index in [2.05, 4.69) is 16.0 Å². The number of pyridine rings is 1. The molecule has 0 amide bonds. The molecule has 3 heterocycles. The van der Waals surface area contributed by atoms with Crippen molar-refractivity contribution in [2.75, 3.05) is 13.2 Å². The zero-order valence-corrected chi connectivity index (χ0v) is 14.1. The molecule has 2 aromatic rings. The van der Waals surface area contributed by atoms with Crippen molar-refractivity contribution < 1.29 is 13.9 Å². The first kappa shape index (κ1) is 15.8. The number of furan rings is 1. The molecule has 5 heteroatoms. The Hall–Kier alpha value is -1.69. The highest BCUT2D eigenvalue weighted by Crippen LogP contribution is 2.33. The Morgan fingerprint density at radius 1 is 1.21 bits per heavy atom. The molecule has 4 rings (SSSR count). The molecule has 128 valence electrons. The fourth-order valence-electron chi connectivity index (χ4n) is 3.82. The number of rotatable bonds is 5. The van der Waals surface area contributed by atoms with E-state index < -0.39 is 0 Å². The molecule has 3 unspecified atom stereocenters. The number of aryl methyl sites for hydroxylation is 1. The van der Waals surface area contributed by atoms with E-state index in [1.165, 1.54) is 0 Å². The summed E-state index contributed by atoms with van der Waals surface area (Å²) in [5.74, 6) is 1.98. The summed E-state index contributed by atoms with van der Waals surface area (Å²) in [6, 6.07) is 8.50. The molecule has 1 aliphatic heterocycles. The maximum atomic E-state index is 6.28. The predicted octanol–water partition coefficient (Wildman–Crippen LogP) is 2.93. The van der Waals surface area contributed by atoms with Gasteiger partial charge in [0.15, 0.2) is 0 Å². The Labute approximate surface area is 142 Å². The van der Waals surface area contributed by atoms with E-state index in [1.807, 2.05) is 37.5 Å². The van der Waals surface area contributed by atoms with E-state index in [4.69, 9.17) is 13.9 Å². The maximum Gasteiger partial charge on any atom is 0.118 e. The van der Waals surface area contributed by atoms with Gasteiger partial charge in [-0.05, 0) is 49.6 Å². The molecular weight excluding hydrogens is 304 g/mol. The quantitative estimate of drug-likeness (QED) is 0.844. The molecule has 3 atom stereocenters. The summed E-state index contributed by atoms with van der Waals surface area (Å²) in [6.07, 6.45) is 6.13. The second kappa shape index (κ2) is 7.05. The third-order valence-corrected chi connectivity index (χ3v) is 5.02. The summed E-state index contributed by atoms with van der Waals surface area (Å²) in [6.45, 7) is 5.11. The van der Waals surface area contributed by atoms with E-state index >= 15 is 0 Å². The maximum absolute atomic E-state index is 6.28. The van der Waals surface area contributed by atoms with Crippen LogP contribution in [0.5, 0.6) is 0 Å². The van der Waals surface area contributed by atoms with Gasteiger partial charge in [-0.15, -0.1) is 0 Å². The van der Waals surface area contributed by atoms with Crippen LogP contribution >= 0.6 is 0 Å². The lowest BCUT2D eigenvalue weighted by Gasteiger charge is -2.30. The molecule has 1 saturated carbocycles. The molecule has 2 fully saturated rings. The first-order valence-corrected chi connectivity index (χ1v) is 8.71. The van der Waals surface area contributed by atoms with Crippen LogP contribution < -0.4 is 0 Å². The molecule has 0 spiro atoms. The molecule has 0 N–H and O–H groups in total. The van der Waals surface area contributed by atoms with Crippen LogP contribution in [0.4, 0.5) is 0 Å². The molecule has 2 aliphatic rings. The molecule has 24 heavy (non-hydrogen) atoms. The summed E-state index contributed by atoms with van der Waals surface area (Å²) in [7, 11) is 0. The first-order chi connectivity index (χ1) is 11.8. The van der Waals surface area contributed by atoms with Gasteiger partial charge in [-0.25, -0.2) is 0 Å². The van der Waals surface area contributed by atoms with Crippen molar-refractivity contribution in [1.82, 2.24) is 9.88 Å². The van der Waals surface area contributed by atoms with E-state index in [-0.39, 0.29) is 12.2 Å². The fraction of sp³-hybridized carbons (Fsp3) is 0.526. The van der Waals surface area contributed by atoms with Gasteiger partial charge in [0, 0.05) is 25.0 Å². The van der Waals surface area contributed by atoms with Gasteiger partial charge in [0.2, 0.25) is 0 Å². The van der Waals surface area contributed by atoms with Crippen molar-refractivity contribution >= 4 is 0 Å². The van der Waals surface area contributed by atoms with Crippen LogP contribution in [0.15, 0.2) is 41.1 Å². The highest BCUT2D eigenvalue weighted by atomic mass is 16.5. The largest absolute Gasteiger partial charge is 0.465 e. The Bertz CT molecular complexity index is 658. The lowest BCUT2D eigenvalue weighted by atomic mass is 10.1. The minimum absolute atomic E-state index is 0.122. The van der Waals surface area contributed by atoms with Crippen molar-refractivity contribution in [3.8, 4) is 0 Å². The van der Waals surface area contributed by atoms with E-state index in [0.717, 1.165) is 49.6 Å². The van der Waals surface area contributed by atoms with Crippen LogP contribution in [0, 0.1) is 6.92 Å². The Balaban J connectivity index is 1.45. The monoisotopic (exact) mass is 328 g/mol. The van der Waals surface area contributed by atoms with Crippen molar-refractivity contribution in [3.05, 3.63) is 53.7 Å². The molecule has 2 aromatic heterocycles. The molecule has 5 nitrogen and oxygen atoms in total. The van der Waals surface area contributed by atoms with Crippen LogP contribution in [0.25, 0.3) is 0 Å². The minimum Gasteiger partial charge on any atom is -0.465 e. The smallest absolute Gasteiger partial charge is 0.118 e. The lowest BCUT2D eigenvalue weighted by molar-refractivity contribution is -0.0616. The summed E-state index contributed by atoms with van der Waals surface area (Å²) >= 11 is 0. The zero-order valence-electron chi connectivity index (χ0n) is 14.1. The van der Waals surface area contributed by atoms with E-state index in [9.17, 15) is 0 Å². The average Bonchev–Trinajstić information content (AvgIpc) is 3.13. The first-order valence-electron chi connectivity index (χ1n) is 8.71.